The fourth-order valence-corrected chi connectivity index (χ4v) is 14.7. The van der Waals surface area contributed by atoms with Crippen LogP contribution in [-0.4, -0.2) is 136 Å². The van der Waals surface area contributed by atoms with Crippen molar-refractivity contribution < 1.29 is 147 Å². The average Bonchev–Trinajstić information content (AvgIpc) is 0.810. The van der Waals surface area contributed by atoms with E-state index in [0.29, 0.717) is 51.4 Å². The number of amides is 4. The smallest absolute Gasteiger partial charge is 1.00 e. The molecule has 0 rings (SSSR count). The Morgan fingerprint density at radius 1 is 0.297 bits per heavy atom. The molecule has 26 heteroatoms. The predicted octanol–water partition coefficient (Wildman–Crippen LogP) is 15.7. The zero-order valence-electron chi connectivity index (χ0n) is 74.4. The summed E-state index contributed by atoms with van der Waals surface area (Å²) in [6, 6.07) is -1.64. The first kappa shape index (κ1) is 114. The molecular formula is C85H168N4Na2O18P2. The topological polar surface area (TPSA) is 299 Å². The Kier molecular flexibility index (Phi) is 87.8. The first-order valence-electron chi connectivity index (χ1n) is 44.8. The van der Waals surface area contributed by atoms with Gasteiger partial charge in [-0.25, -0.2) is 9.13 Å². The van der Waals surface area contributed by atoms with Crippen molar-refractivity contribution in [3.05, 3.63) is 0 Å². The number of unbranched alkanes of at least 4 members (excludes halogenated alkanes) is 44. The van der Waals surface area contributed by atoms with Gasteiger partial charge in [0.25, 0.3) is 0 Å². The molecule has 0 fully saturated rings. The third-order valence-corrected chi connectivity index (χ3v) is 21.9. The number of hydrogen-bond acceptors (Lipinski definition) is 16. The maximum Gasteiger partial charge on any atom is 1.00 e. The summed E-state index contributed by atoms with van der Waals surface area (Å²) in [5.74, 6) is -2.36. The van der Waals surface area contributed by atoms with Crippen LogP contribution in [-0.2, 0) is 74.9 Å². The van der Waals surface area contributed by atoms with Gasteiger partial charge in [-0.1, -0.05) is 324 Å². The fraction of sp³-hybridized carbons (Fsp3) is 0.929. The van der Waals surface area contributed by atoms with E-state index in [9.17, 15) is 47.7 Å². The van der Waals surface area contributed by atoms with E-state index in [-0.39, 0.29) is 150 Å². The summed E-state index contributed by atoms with van der Waals surface area (Å²) < 4.78 is 71.5. The Labute approximate surface area is 724 Å². The number of ether oxygens (including phenoxy) is 4. The van der Waals surface area contributed by atoms with Gasteiger partial charge in [0.05, 0.1) is 64.9 Å². The molecule has 22 nitrogen and oxygen atoms in total. The maximum absolute atomic E-state index is 13.3. The zero-order valence-corrected chi connectivity index (χ0v) is 78.2. The number of phosphoric ester groups is 2. The molecule has 648 valence electrons. The van der Waals surface area contributed by atoms with Crippen molar-refractivity contribution in [2.75, 3.05) is 65.9 Å². The SMILES string of the molecule is CCCCCCCCCCCCCC(=O)N[C@H](COCC[C@@H](CCCCCCC)OC(=O)CCCCCCCCCCC)COP(=O)(O)OCCNC(=O)CC(=O)NCCOP(=O)(O)OC[C@H](COCC[C@@H](CCCCCCC)OC(=O)CCCCCCCCCCC)NC(=O)CCCCCCCCCCCCC.[H-].[H-].[Na+].[Na+]. The van der Waals surface area contributed by atoms with Crippen LogP contribution >= 0.6 is 15.6 Å². The molecule has 0 bridgehead atoms. The molecule has 0 heterocycles. The largest absolute Gasteiger partial charge is 1.00 e. The fourth-order valence-electron chi connectivity index (χ4n) is 13.2. The molecule has 0 spiro atoms. The molecule has 2 unspecified atom stereocenters. The van der Waals surface area contributed by atoms with Gasteiger partial charge in [0.1, 0.15) is 18.6 Å². The molecule has 6 N–H and O–H groups in total. The van der Waals surface area contributed by atoms with Crippen molar-refractivity contribution in [3.63, 3.8) is 0 Å². The Hall–Kier alpha value is -1.04. The van der Waals surface area contributed by atoms with Gasteiger partial charge in [-0.2, -0.15) is 0 Å². The molecule has 0 aromatic carbocycles. The molecule has 0 aliphatic heterocycles. The number of hydrogen-bond donors (Lipinski definition) is 6. The van der Waals surface area contributed by atoms with Gasteiger partial charge in [-0.15, -0.1) is 0 Å². The second-order valence-corrected chi connectivity index (χ2v) is 33.6. The summed E-state index contributed by atoms with van der Waals surface area (Å²) in [6.07, 6.45) is 58.9. The minimum Gasteiger partial charge on any atom is -1.00 e. The third-order valence-electron chi connectivity index (χ3n) is 19.9. The normalized spacial score (nSPS) is 13.5. The van der Waals surface area contributed by atoms with Crippen LogP contribution in [0.3, 0.4) is 0 Å². The van der Waals surface area contributed by atoms with Gasteiger partial charge >= 0.3 is 86.7 Å². The molecule has 0 aromatic heterocycles. The van der Waals surface area contributed by atoms with Crippen LogP contribution in [0.25, 0.3) is 0 Å². The van der Waals surface area contributed by atoms with Gasteiger partial charge in [0.15, 0.2) is 0 Å². The Balaban J connectivity index is -0.00000972. The van der Waals surface area contributed by atoms with E-state index in [0.717, 1.165) is 141 Å². The maximum atomic E-state index is 13.3. The summed E-state index contributed by atoms with van der Waals surface area (Å²) in [4.78, 5) is 99.5. The van der Waals surface area contributed by atoms with Crippen molar-refractivity contribution in [3.8, 4) is 0 Å². The summed E-state index contributed by atoms with van der Waals surface area (Å²) >= 11 is 0. The van der Waals surface area contributed by atoms with Gasteiger partial charge in [0.2, 0.25) is 23.6 Å². The van der Waals surface area contributed by atoms with Crippen molar-refractivity contribution in [1.82, 2.24) is 21.3 Å². The van der Waals surface area contributed by atoms with Crippen molar-refractivity contribution in [2.45, 2.75) is 445 Å². The quantitative estimate of drug-likeness (QED) is 0.0108. The number of rotatable bonds is 86. The second-order valence-electron chi connectivity index (χ2n) is 30.7. The van der Waals surface area contributed by atoms with E-state index in [1.165, 1.54) is 167 Å². The van der Waals surface area contributed by atoms with Gasteiger partial charge < -0.3 is 52.9 Å². The van der Waals surface area contributed by atoms with E-state index < -0.39 is 72.4 Å². The van der Waals surface area contributed by atoms with Crippen LogP contribution in [0.4, 0.5) is 0 Å². The number of carbonyl (C=O) groups excluding carboxylic acids is 6. The first-order valence-corrected chi connectivity index (χ1v) is 47.8. The van der Waals surface area contributed by atoms with Crippen LogP contribution in [0.15, 0.2) is 0 Å². The van der Waals surface area contributed by atoms with E-state index in [1.54, 1.807) is 0 Å². The standard InChI is InChI=1S/C85H166N4O18P2.2Na.2H/c1-7-13-19-25-29-33-35-39-41-47-53-59-80(90)88-76(72-100-67-63-78(57-51-45-23-17-11-5)106-84(94)61-55-49-43-37-31-27-21-15-9-3)74-104-108(96,97)102-69-65-86-82(92)71-83(93)87-66-70-103-109(98,99)105-75-77(89-81(91)60-54-48-42-40-36-34-30-26-20-14-8-2)73-101-68-64-79(58-52-46-24-18-12-6)107-85(95)62-56-50-44-38-32-28-22-16-10-4;;;;/h76-79H,7-75H2,1-6H3,(H,86,92)(H,87,93)(H,88,90)(H,89,91)(H,96,97)(H,98,99);;;;/q;2*+1;2*-1/t76-,77+,78-,79-;;;;/m1..../s1. The van der Waals surface area contributed by atoms with Crippen LogP contribution in [0.1, 0.15) is 423 Å². The molecule has 6 atom stereocenters. The van der Waals surface area contributed by atoms with Gasteiger partial charge in [-0.05, 0) is 51.4 Å². The molecule has 0 saturated carbocycles. The number of nitrogens with one attached hydrogen (secondary N) is 4. The predicted molar refractivity (Wildman–Crippen MR) is 443 cm³/mol. The Bertz CT molecular complexity index is 2100. The number of esters is 2. The third kappa shape index (κ3) is 82.4. The number of carbonyl (C=O) groups is 6. The molecule has 0 aromatic rings. The van der Waals surface area contributed by atoms with Crippen LogP contribution in [0.2, 0.25) is 0 Å². The summed E-state index contributed by atoms with van der Waals surface area (Å²) in [5.41, 5.74) is 0. The number of phosphoric acid groups is 2. The summed E-state index contributed by atoms with van der Waals surface area (Å²) in [6.45, 7) is 11.3. The molecule has 0 radical (unpaired) electrons. The van der Waals surface area contributed by atoms with Crippen molar-refractivity contribution in [2.24, 2.45) is 0 Å². The van der Waals surface area contributed by atoms with Crippen LogP contribution in [0.5, 0.6) is 0 Å². The van der Waals surface area contributed by atoms with Crippen molar-refractivity contribution >= 4 is 51.2 Å². The van der Waals surface area contributed by atoms with E-state index in [2.05, 4.69) is 62.8 Å². The van der Waals surface area contributed by atoms with Crippen LogP contribution < -0.4 is 80.4 Å². The first-order chi connectivity index (χ1) is 52.9. The van der Waals surface area contributed by atoms with E-state index >= 15 is 0 Å². The average molecular weight is 1640 g/mol. The van der Waals surface area contributed by atoms with Crippen molar-refractivity contribution in [1.29, 1.82) is 0 Å². The zero-order chi connectivity index (χ0) is 80.0. The minimum absolute atomic E-state index is 0. The Morgan fingerprint density at radius 3 is 0.811 bits per heavy atom. The Morgan fingerprint density at radius 2 is 0.541 bits per heavy atom. The molecule has 0 aliphatic rings. The molecular weight excluding hydrogens is 1470 g/mol. The van der Waals surface area contributed by atoms with E-state index in [1.807, 2.05) is 0 Å². The minimum atomic E-state index is -4.73. The molecule has 0 aliphatic carbocycles. The van der Waals surface area contributed by atoms with Crippen LogP contribution in [0, 0.1) is 0 Å². The molecule has 4 amide bonds. The second kappa shape index (κ2) is 85.4. The van der Waals surface area contributed by atoms with E-state index in [4.69, 9.17) is 37.0 Å². The summed E-state index contributed by atoms with van der Waals surface area (Å²) in [7, 11) is -9.46. The van der Waals surface area contributed by atoms with Gasteiger partial charge in [0, 0.05) is 51.6 Å². The molecule has 0 saturated heterocycles. The van der Waals surface area contributed by atoms with Gasteiger partial charge in [-0.3, -0.25) is 46.9 Å². The summed E-state index contributed by atoms with van der Waals surface area (Å²) in [5, 5.41) is 10.7. The molecule has 111 heavy (non-hydrogen) atoms. The monoisotopic (exact) mass is 1640 g/mol.